The predicted molar refractivity (Wildman–Crippen MR) is 93.8 cm³/mol. The molecule has 2 aromatic rings. The maximum atomic E-state index is 12.4. The maximum Gasteiger partial charge on any atom is 0.261 e. The van der Waals surface area contributed by atoms with Gasteiger partial charge in [0.25, 0.3) is 5.56 Å². The molecule has 0 aliphatic carbocycles. The van der Waals surface area contributed by atoms with Crippen LogP contribution >= 0.6 is 0 Å². The van der Waals surface area contributed by atoms with Crippen LogP contribution in [0.5, 0.6) is 0 Å². The molecule has 0 fully saturated rings. The highest BCUT2D eigenvalue weighted by molar-refractivity contribution is 5.78. The fraction of sp³-hybridized carbons (Fsp3) is 0.500. The summed E-state index contributed by atoms with van der Waals surface area (Å²) in [6.07, 6.45) is 4.35. The number of nitrogens with zero attached hydrogens (tertiary/aromatic N) is 2. The molecule has 6 nitrogen and oxygen atoms in total. The number of hydrogen-bond donors (Lipinski definition) is 2. The third-order valence-corrected chi connectivity index (χ3v) is 4.09. The number of nitrogens with one attached hydrogen (secondary N) is 1. The number of para-hydroxylation sites is 1. The topological polar surface area (TPSA) is 84.2 Å². The number of hydrogen-bond acceptors (Lipinski definition) is 4. The van der Waals surface area contributed by atoms with Crippen molar-refractivity contribution in [2.24, 2.45) is 0 Å². The number of fused-ring (bicyclic) bond motifs is 1. The van der Waals surface area contributed by atoms with E-state index in [0.29, 0.717) is 23.7 Å². The summed E-state index contributed by atoms with van der Waals surface area (Å²) in [6.45, 7) is 4.10. The number of carbonyl (C=O) groups is 1. The highest BCUT2D eigenvalue weighted by Gasteiger charge is 2.25. The van der Waals surface area contributed by atoms with E-state index in [2.05, 4.69) is 10.3 Å². The van der Waals surface area contributed by atoms with Crippen molar-refractivity contribution in [1.82, 2.24) is 14.9 Å². The Hall–Kier alpha value is -2.21. The minimum Gasteiger partial charge on any atom is -0.388 e. The van der Waals surface area contributed by atoms with Gasteiger partial charge >= 0.3 is 0 Å². The fourth-order valence-corrected chi connectivity index (χ4v) is 2.92. The van der Waals surface area contributed by atoms with E-state index >= 15 is 0 Å². The van der Waals surface area contributed by atoms with Gasteiger partial charge in [-0.3, -0.25) is 14.2 Å². The van der Waals surface area contributed by atoms with Gasteiger partial charge in [0.05, 0.1) is 22.8 Å². The second kappa shape index (κ2) is 8.06. The second-order valence-electron chi connectivity index (χ2n) is 6.20. The molecule has 1 aromatic heterocycles. The van der Waals surface area contributed by atoms with Crippen LogP contribution in [0.2, 0.25) is 0 Å². The Bertz CT molecular complexity index is 749. The third kappa shape index (κ3) is 4.41. The summed E-state index contributed by atoms with van der Waals surface area (Å²) < 4.78 is 1.29. The first kappa shape index (κ1) is 18.1. The van der Waals surface area contributed by atoms with Crippen molar-refractivity contribution in [1.29, 1.82) is 0 Å². The molecule has 6 heteroatoms. The Morgan fingerprint density at radius 1 is 1.25 bits per heavy atom. The minimum atomic E-state index is -0.883. The summed E-state index contributed by atoms with van der Waals surface area (Å²) in [5.41, 5.74) is -0.515. The summed E-state index contributed by atoms with van der Waals surface area (Å²) >= 11 is 0. The van der Waals surface area contributed by atoms with Gasteiger partial charge in [0.1, 0.15) is 6.54 Å². The van der Waals surface area contributed by atoms with E-state index in [4.69, 9.17) is 0 Å². The number of rotatable bonds is 8. The van der Waals surface area contributed by atoms with E-state index in [9.17, 15) is 14.7 Å². The molecule has 0 unspecified atom stereocenters. The molecule has 130 valence electrons. The van der Waals surface area contributed by atoms with Crippen molar-refractivity contribution in [3.8, 4) is 0 Å². The first-order chi connectivity index (χ1) is 11.5. The summed E-state index contributed by atoms with van der Waals surface area (Å²) in [4.78, 5) is 28.7. The highest BCUT2D eigenvalue weighted by Crippen LogP contribution is 2.18. The Morgan fingerprint density at radius 3 is 2.58 bits per heavy atom. The lowest BCUT2D eigenvalue weighted by Gasteiger charge is -2.27. The lowest BCUT2D eigenvalue weighted by molar-refractivity contribution is -0.123. The first-order valence-electron chi connectivity index (χ1n) is 8.42. The Kier molecular flexibility index (Phi) is 6.09. The van der Waals surface area contributed by atoms with Crippen molar-refractivity contribution in [3.63, 3.8) is 0 Å². The maximum absolute atomic E-state index is 12.4. The number of amides is 1. The minimum absolute atomic E-state index is 0.106. The zero-order valence-electron chi connectivity index (χ0n) is 14.3. The van der Waals surface area contributed by atoms with Crippen LogP contribution in [0.3, 0.4) is 0 Å². The average molecular weight is 331 g/mol. The predicted octanol–water partition coefficient (Wildman–Crippen LogP) is 1.84. The van der Waals surface area contributed by atoms with Gasteiger partial charge in [-0.05, 0) is 25.0 Å². The van der Waals surface area contributed by atoms with Crippen molar-refractivity contribution >= 4 is 16.8 Å². The van der Waals surface area contributed by atoms with Gasteiger partial charge in [-0.15, -0.1) is 0 Å². The lowest BCUT2D eigenvalue weighted by Crippen LogP contribution is -2.44. The average Bonchev–Trinajstić information content (AvgIpc) is 2.56. The van der Waals surface area contributed by atoms with Gasteiger partial charge in [0, 0.05) is 6.54 Å². The van der Waals surface area contributed by atoms with Crippen LogP contribution in [0.1, 0.15) is 39.5 Å². The molecule has 2 N–H and O–H groups in total. The lowest BCUT2D eigenvalue weighted by atomic mass is 9.92. The largest absolute Gasteiger partial charge is 0.388 e. The molecule has 2 rings (SSSR count). The zero-order chi connectivity index (χ0) is 17.6. The first-order valence-corrected chi connectivity index (χ1v) is 8.42. The number of carbonyl (C=O) groups excluding carboxylic acids is 1. The molecule has 0 saturated heterocycles. The van der Waals surface area contributed by atoms with E-state index in [1.54, 1.807) is 18.2 Å². The number of aliphatic hydroxyl groups is 1. The standard InChI is InChI=1S/C18H25N3O3/c1-3-9-18(24,10-4-2)12-19-16(22)11-21-13-20-15-8-6-5-7-14(15)17(21)23/h5-8,13,24H,3-4,9-12H2,1-2H3,(H,19,22). The molecule has 1 aromatic carbocycles. The van der Waals surface area contributed by atoms with Gasteiger partial charge in [-0.25, -0.2) is 4.98 Å². The highest BCUT2D eigenvalue weighted by atomic mass is 16.3. The summed E-state index contributed by atoms with van der Waals surface area (Å²) in [6, 6.07) is 7.04. The molecule has 0 aliphatic rings. The van der Waals surface area contributed by atoms with Crippen molar-refractivity contribution in [3.05, 3.63) is 40.9 Å². The Morgan fingerprint density at radius 2 is 1.92 bits per heavy atom. The number of benzene rings is 1. The van der Waals surface area contributed by atoms with E-state index in [0.717, 1.165) is 12.8 Å². The SMILES string of the molecule is CCCC(O)(CCC)CNC(=O)Cn1cnc2ccccc2c1=O. The Balaban J connectivity index is 2.05. The van der Waals surface area contributed by atoms with Gasteiger partial charge < -0.3 is 10.4 Å². The molecule has 0 saturated carbocycles. The summed E-state index contributed by atoms with van der Waals surface area (Å²) in [7, 11) is 0. The van der Waals surface area contributed by atoms with Crippen LogP contribution in [0.15, 0.2) is 35.4 Å². The number of aromatic nitrogens is 2. The van der Waals surface area contributed by atoms with Crippen LogP contribution in [-0.4, -0.2) is 32.7 Å². The van der Waals surface area contributed by atoms with Gasteiger partial charge in [-0.2, -0.15) is 0 Å². The van der Waals surface area contributed by atoms with E-state index in [1.807, 2.05) is 19.9 Å². The quantitative estimate of drug-likeness (QED) is 0.773. The molecular weight excluding hydrogens is 306 g/mol. The van der Waals surface area contributed by atoms with Crippen LogP contribution in [-0.2, 0) is 11.3 Å². The molecular formula is C18H25N3O3. The van der Waals surface area contributed by atoms with Crippen LogP contribution in [0, 0.1) is 0 Å². The Labute approximate surface area is 141 Å². The summed E-state index contributed by atoms with van der Waals surface area (Å²) in [5.74, 6) is -0.306. The van der Waals surface area contributed by atoms with Crippen LogP contribution in [0.4, 0.5) is 0 Å². The van der Waals surface area contributed by atoms with Crippen LogP contribution in [0.25, 0.3) is 10.9 Å². The smallest absolute Gasteiger partial charge is 0.261 e. The second-order valence-corrected chi connectivity index (χ2v) is 6.20. The van der Waals surface area contributed by atoms with Crippen molar-refractivity contribution in [2.45, 2.75) is 51.7 Å². The van der Waals surface area contributed by atoms with E-state index < -0.39 is 5.60 Å². The van der Waals surface area contributed by atoms with Crippen molar-refractivity contribution in [2.75, 3.05) is 6.54 Å². The van der Waals surface area contributed by atoms with Gasteiger partial charge in [-0.1, -0.05) is 38.8 Å². The third-order valence-electron chi connectivity index (χ3n) is 4.09. The molecule has 0 bridgehead atoms. The molecule has 0 radical (unpaired) electrons. The van der Waals surface area contributed by atoms with Crippen LogP contribution < -0.4 is 10.9 Å². The molecule has 0 aliphatic heterocycles. The van der Waals surface area contributed by atoms with Crippen molar-refractivity contribution < 1.29 is 9.90 Å². The molecule has 24 heavy (non-hydrogen) atoms. The molecule has 1 heterocycles. The zero-order valence-corrected chi connectivity index (χ0v) is 14.3. The van der Waals surface area contributed by atoms with Gasteiger partial charge in [0.2, 0.25) is 5.91 Å². The van der Waals surface area contributed by atoms with E-state index in [-0.39, 0.29) is 24.6 Å². The monoisotopic (exact) mass is 331 g/mol. The molecule has 0 atom stereocenters. The molecule has 1 amide bonds. The van der Waals surface area contributed by atoms with Gasteiger partial charge in [0.15, 0.2) is 0 Å². The normalized spacial score (nSPS) is 11.6. The fourth-order valence-electron chi connectivity index (χ4n) is 2.92. The molecule has 0 spiro atoms. The summed E-state index contributed by atoms with van der Waals surface area (Å²) in [5, 5.41) is 13.8. The van der Waals surface area contributed by atoms with E-state index in [1.165, 1.54) is 10.9 Å².